The van der Waals surface area contributed by atoms with Gasteiger partial charge in [-0.2, -0.15) is 0 Å². The molecule has 5 nitrogen and oxygen atoms in total. The Bertz CT molecular complexity index is 452. The molecule has 1 atom stereocenters. The van der Waals surface area contributed by atoms with Crippen LogP contribution in [0, 0.1) is 5.92 Å². The third kappa shape index (κ3) is 3.96. The molecule has 19 heavy (non-hydrogen) atoms. The largest absolute Gasteiger partial charge is 0.369 e. The van der Waals surface area contributed by atoms with Crippen molar-refractivity contribution in [3.8, 4) is 0 Å². The highest BCUT2D eigenvalue weighted by atomic mass is 32.2. The van der Waals surface area contributed by atoms with Crippen molar-refractivity contribution in [2.75, 3.05) is 18.8 Å². The molecule has 0 saturated carbocycles. The molecular weight excluding hydrogens is 262 g/mol. The first-order valence-electron chi connectivity index (χ1n) is 6.27. The molecule has 1 aromatic heterocycles. The highest BCUT2D eigenvalue weighted by molar-refractivity contribution is 7.99. The number of amides is 2. The van der Waals surface area contributed by atoms with Gasteiger partial charge in [0.1, 0.15) is 0 Å². The standard InChI is InChI=1S/C13H17N3O2S/c14-13(18)10-4-3-7-16(8-10)12(17)9-19-11-5-1-2-6-15-11/h1-2,5-6,10H,3-4,7-9H2,(H2,14,18). The second-order valence-corrected chi connectivity index (χ2v) is 5.53. The number of piperidine rings is 1. The van der Waals surface area contributed by atoms with E-state index in [1.54, 1.807) is 11.1 Å². The zero-order valence-electron chi connectivity index (χ0n) is 10.6. The molecule has 0 radical (unpaired) electrons. The number of primary amides is 1. The lowest BCUT2D eigenvalue weighted by Crippen LogP contribution is -2.44. The van der Waals surface area contributed by atoms with Crippen LogP contribution in [0.2, 0.25) is 0 Å². The van der Waals surface area contributed by atoms with E-state index in [0.717, 1.165) is 17.9 Å². The highest BCUT2D eigenvalue weighted by Gasteiger charge is 2.26. The molecule has 1 saturated heterocycles. The fourth-order valence-electron chi connectivity index (χ4n) is 2.10. The van der Waals surface area contributed by atoms with E-state index in [-0.39, 0.29) is 17.7 Å². The minimum atomic E-state index is -0.310. The quantitative estimate of drug-likeness (QED) is 0.831. The minimum absolute atomic E-state index is 0.0432. The van der Waals surface area contributed by atoms with Gasteiger partial charge in [0.25, 0.3) is 0 Å². The maximum atomic E-state index is 12.1. The molecule has 1 fully saturated rings. The van der Waals surface area contributed by atoms with Crippen molar-refractivity contribution in [1.82, 2.24) is 9.88 Å². The Balaban J connectivity index is 1.84. The summed E-state index contributed by atoms with van der Waals surface area (Å²) in [5.74, 6) is -0.114. The molecule has 2 rings (SSSR count). The van der Waals surface area contributed by atoms with Gasteiger partial charge in [0, 0.05) is 19.3 Å². The molecule has 2 N–H and O–H groups in total. The van der Waals surface area contributed by atoms with Crippen LogP contribution in [-0.2, 0) is 9.59 Å². The number of likely N-dealkylation sites (tertiary alicyclic amines) is 1. The van der Waals surface area contributed by atoms with Gasteiger partial charge in [-0.25, -0.2) is 4.98 Å². The van der Waals surface area contributed by atoms with Gasteiger partial charge in [-0.15, -0.1) is 0 Å². The molecule has 0 bridgehead atoms. The number of aromatic nitrogens is 1. The summed E-state index contributed by atoms with van der Waals surface area (Å²) >= 11 is 1.41. The summed E-state index contributed by atoms with van der Waals surface area (Å²) in [7, 11) is 0. The van der Waals surface area contributed by atoms with Gasteiger partial charge in [-0.3, -0.25) is 9.59 Å². The summed E-state index contributed by atoms with van der Waals surface area (Å²) in [6, 6.07) is 5.61. The van der Waals surface area contributed by atoms with Gasteiger partial charge in [0.05, 0.1) is 16.7 Å². The molecule has 0 spiro atoms. The van der Waals surface area contributed by atoms with E-state index in [0.29, 0.717) is 18.8 Å². The lowest BCUT2D eigenvalue weighted by molar-refractivity contribution is -0.132. The average Bonchev–Trinajstić information content (AvgIpc) is 2.46. The number of nitrogens with two attached hydrogens (primary N) is 1. The summed E-state index contributed by atoms with van der Waals surface area (Å²) in [5, 5.41) is 0.833. The molecule has 1 aliphatic heterocycles. The molecule has 0 aliphatic carbocycles. The van der Waals surface area contributed by atoms with Gasteiger partial charge in [-0.05, 0) is 25.0 Å². The van der Waals surface area contributed by atoms with Crippen LogP contribution >= 0.6 is 11.8 Å². The number of thioether (sulfide) groups is 1. The molecule has 1 aromatic rings. The molecule has 1 aliphatic rings. The lowest BCUT2D eigenvalue weighted by Gasteiger charge is -2.31. The van der Waals surface area contributed by atoms with E-state index in [4.69, 9.17) is 5.73 Å². The molecule has 102 valence electrons. The Hall–Kier alpha value is -1.56. The van der Waals surface area contributed by atoms with Crippen molar-refractivity contribution >= 4 is 23.6 Å². The maximum Gasteiger partial charge on any atom is 0.233 e. The number of rotatable bonds is 4. The van der Waals surface area contributed by atoms with Crippen LogP contribution in [-0.4, -0.2) is 40.5 Å². The number of pyridine rings is 1. The van der Waals surface area contributed by atoms with Crippen LogP contribution in [0.3, 0.4) is 0 Å². The first-order chi connectivity index (χ1) is 9.16. The second-order valence-electron chi connectivity index (χ2n) is 4.54. The Labute approximate surface area is 116 Å². The molecule has 2 amide bonds. The topological polar surface area (TPSA) is 76.3 Å². The molecular formula is C13H17N3O2S. The number of carbonyl (C=O) groups is 2. The number of carbonyl (C=O) groups excluding carboxylic acids is 2. The Kier molecular flexibility index (Phi) is 4.79. The number of hydrogen-bond acceptors (Lipinski definition) is 4. The van der Waals surface area contributed by atoms with Gasteiger partial charge >= 0.3 is 0 Å². The average molecular weight is 279 g/mol. The zero-order valence-corrected chi connectivity index (χ0v) is 11.4. The zero-order chi connectivity index (χ0) is 13.7. The first kappa shape index (κ1) is 13.9. The van der Waals surface area contributed by atoms with E-state index in [1.165, 1.54) is 11.8 Å². The molecule has 1 unspecified atom stereocenters. The maximum absolute atomic E-state index is 12.1. The van der Waals surface area contributed by atoms with Crippen molar-refractivity contribution in [3.63, 3.8) is 0 Å². The van der Waals surface area contributed by atoms with Crippen molar-refractivity contribution in [2.24, 2.45) is 11.7 Å². The lowest BCUT2D eigenvalue weighted by atomic mass is 9.97. The fraction of sp³-hybridized carbons (Fsp3) is 0.462. The first-order valence-corrected chi connectivity index (χ1v) is 7.26. The van der Waals surface area contributed by atoms with Crippen LogP contribution in [0.4, 0.5) is 0 Å². The monoisotopic (exact) mass is 279 g/mol. The van der Waals surface area contributed by atoms with Gasteiger partial charge in [0.2, 0.25) is 11.8 Å². The molecule has 0 aromatic carbocycles. The Morgan fingerprint density at radius 3 is 3.00 bits per heavy atom. The smallest absolute Gasteiger partial charge is 0.233 e. The van der Waals surface area contributed by atoms with E-state index in [9.17, 15) is 9.59 Å². The van der Waals surface area contributed by atoms with Gasteiger partial charge in [-0.1, -0.05) is 17.8 Å². The summed E-state index contributed by atoms with van der Waals surface area (Å²) in [6.45, 7) is 1.17. The van der Waals surface area contributed by atoms with Crippen LogP contribution in [0.1, 0.15) is 12.8 Å². The predicted octanol–water partition coefficient (Wildman–Crippen LogP) is 0.898. The number of hydrogen-bond donors (Lipinski definition) is 1. The van der Waals surface area contributed by atoms with Crippen LogP contribution in [0.15, 0.2) is 29.4 Å². The SMILES string of the molecule is NC(=O)C1CCCN(C(=O)CSc2ccccn2)C1. The summed E-state index contributed by atoms with van der Waals surface area (Å²) in [5.41, 5.74) is 5.30. The fourth-order valence-corrected chi connectivity index (χ4v) is 2.86. The van der Waals surface area contributed by atoms with Crippen molar-refractivity contribution in [3.05, 3.63) is 24.4 Å². The molecule has 6 heteroatoms. The van der Waals surface area contributed by atoms with E-state index >= 15 is 0 Å². The van der Waals surface area contributed by atoms with Crippen molar-refractivity contribution < 1.29 is 9.59 Å². The van der Waals surface area contributed by atoms with Crippen molar-refractivity contribution in [2.45, 2.75) is 17.9 Å². The van der Waals surface area contributed by atoms with Crippen LogP contribution in [0.5, 0.6) is 0 Å². The van der Waals surface area contributed by atoms with E-state index < -0.39 is 0 Å². The summed E-state index contributed by atoms with van der Waals surface area (Å²) < 4.78 is 0. The normalized spacial score (nSPS) is 19.2. The van der Waals surface area contributed by atoms with E-state index in [1.807, 2.05) is 18.2 Å². The molecule has 2 heterocycles. The minimum Gasteiger partial charge on any atom is -0.369 e. The Morgan fingerprint density at radius 1 is 1.47 bits per heavy atom. The second kappa shape index (κ2) is 6.56. The van der Waals surface area contributed by atoms with Gasteiger partial charge < -0.3 is 10.6 Å². The van der Waals surface area contributed by atoms with Gasteiger partial charge in [0.15, 0.2) is 0 Å². The van der Waals surface area contributed by atoms with Crippen molar-refractivity contribution in [1.29, 1.82) is 0 Å². The highest BCUT2D eigenvalue weighted by Crippen LogP contribution is 2.19. The Morgan fingerprint density at radius 2 is 2.32 bits per heavy atom. The summed E-state index contributed by atoms with van der Waals surface area (Å²) in [4.78, 5) is 29.1. The van der Waals surface area contributed by atoms with E-state index in [2.05, 4.69) is 4.98 Å². The third-order valence-electron chi connectivity index (χ3n) is 3.16. The third-order valence-corrected chi connectivity index (χ3v) is 4.09. The summed E-state index contributed by atoms with van der Waals surface area (Å²) in [6.07, 6.45) is 3.33. The number of nitrogens with zero attached hydrogens (tertiary/aromatic N) is 2. The van der Waals surface area contributed by atoms with Crippen LogP contribution < -0.4 is 5.73 Å². The van der Waals surface area contributed by atoms with Crippen LogP contribution in [0.25, 0.3) is 0 Å². The predicted molar refractivity (Wildman–Crippen MR) is 73.5 cm³/mol.